The molecule has 1 aromatic heterocycles. The first-order valence-electron chi connectivity index (χ1n) is 15.0. The second-order valence-electron chi connectivity index (χ2n) is 10.8. The molecule has 238 valence electrons. The summed E-state index contributed by atoms with van der Waals surface area (Å²) in [5, 5.41) is 12.0. The molecule has 11 heteroatoms. The summed E-state index contributed by atoms with van der Waals surface area (Å²) in [6.45, 7) is 3.47. The van der Waals surface area contributed by atoms with Crippen molar-refractivity contribution in [2.45, 2.75) is 19.6 Å². The molecule has 1 saturated heterocycles. The van der Waals surface area contributed by atoms with E-state index in [9.17, 15) is 14.7 Å². The minimum atomic E-state index is -1.04. The van der Waals surface area contributed by atoms with Crippen molar-refractivity contribution in [3.8, 4) is 28.7 Å². The lowest BCUT2D eigenvalue weighted by atomic mass is 9.95. The number of hydrogen-bond acceptors (Lipinski definition) is 10. The maximum Gasteiger partial charge on any atom is 0.301 e. The average molecular weight is 651 g/mol. The standard InChI is InChI=1S/C36H30N2O8S/c1-3-43-24-11-12-25-30(19-24)47-36(37-25)38-32(22-9-13-26(28(17-22)42-2)46-20-21-7-5-4-6-8-21)31(34(40)35(38)41)33(39)23-10-14-27-29(18-23)45-16-15-44-27/h4-14,17-19,32,39H,3,15-16,20H2,1-2H3/t32-/m1/s1. The molecule has 7 rings (SSSR count). The maximum absolute atomic E-state index is 13.9. The van der Waals surface area contributed by atoms with Crippen molar-refractivity contribution in [3.63, 3.8) is 0 Å². The topological polar surface area (TPSA) is 117 Å². The Morgan fingerprint density at radius 2 is 1.74 bits per heavy atom. The van der Waals surface area contributed by atoms with Crippen molar-refractivity contribution in [2.24, 2.45) is 0 Å². The molecule has 1 N–H and O–H groups in total. The Hall–Kier alpha value is -5.55. The SMILES string of the molecule is CCOc1ccc2nc(N3C(=O)C(=O)C(=C(O)c4ccc5c(c4)OCCO5)[C@H]3c3ccc(OCc4ccccc4)c(OC)c3)sc2c1. The molecule has 0 spiro atoms. The monoisotopic (exact) mass is 650 g/mol. The first kappa shape index (κ1) is 30.1. The fourth-order valence-electron chi connectivity index (χ4n) is 5.65. The highest BCUT2D eigenvalue weighted by Crippen LogP contribution is 2.47. The second kappa shape index (κ2) is 12.7. The number of ether oxygens (including phenoxy) is 5. The van der Waals surface area contributed by atoms with Gasteiger partial charge in [-0.3, -0.25) is 14.5 Å². The number of carbonyl (C=O) groups excluding carboxylic acids is 2. The van der Waals surface area contributed by atoms with Gasteiger partial charge >= 0.3 is 5.91 Å². The second-order valence-corrected chi connectivity index (χ2v) is 11.8. The number of rotatable bonds is 9. The molecule has 5 aromatic rings. The summed E-state index contributed by atoms with van der Waals surface area (Å²) in [6, 6.07) is 24.2. The maximum atomic E-state index is 13.9. The van der Waals surface area contributed by atoms with Crippen LogP contribution in [0.3, 0.4) is 0 Å². The van der Waals surface area contributed by atoms with Crippen molar-refractivity contribution < 1.29 is 38.4 Å². The average Bonchev–Trinajstić information content (AvgIpc) is 3.64. The lowest BCUT2D eigenvalue weighted by Gasteiger charge is -2.24. The van der Waals surface area contributed by atoms with Crippen LogP contribution in [0.4, 0.5) is 5.13 Å². The summed E-state index contributed by atoms with van der Waals surface area (Å²) in [7, 11) is 1.52. The summed E-state index contributed by atoms with van der Waals surface area (Å²) in [5.41, 5.74) is 2.35. The van der Waals surface area contributed by atoms with Gasteiger partial charge in [0.25, 0.3) is 5.78 Å². The van der Waals surface area contributed by atoms with Crippen LogP contribution in [0.1, 0.15) is 29.7 Å². The summed E-state index contributed by atoms with van der Waals surface area (Å²) < 4.78 is 29.6. The van der Waals surface area contributed by atoms with Gasteiger partial charge in [0.15, 0.2) is 28.1 Å². The Balaban J connectivity index is 1.34. The van der Waals surface area contributed by atoms with Crippen molar-refractivity contribution in [2.75, 3.05) is 31.8 Å². The van der Waals surface area contributed by atoms with Crippen LogP contribution in [-0.4, -0.2) is 48.7 Å². The first-order valence-corrected chi connectivity index (χ1v) is 15.9. The predicted molar refractivity (Wildman–Crippen MR) is 177 cm³/mol. The molecular weight excluding hydrogens is 620 g/mol. The molecule has 0 unspecified atom stereocenters. The number of amides is 1. The molecule has 0 bridgehead atoms. The number of hydrogen-bond donors (Lipinski definition) is 1. The lowest BCUT2D eigenvalue weighted by molar-refractivity contribution is -0.132. The number of Topliss-reactive ketones (excluding diaryl/α,β-unsaturated/α-hetero) is 1. The number of anilines is 1. The number of benzene rings is 4. The molecule has 10 nitrogen and oxygen atoms in total. The number of aliphatic hydroxyl groups is 1. The van der Waals surface area contributed by atoms with E-state index >= 15 is 0 Å². The van der Waals surface area contributed by atoms with E-state index in [-0.39, 0.29) is 11.3 Å². The van der Waals surface area contributed by atoms with E-state index in [4.69, 9.17) is 28.7 Å². The van der Waals surface area contributed by atoms with Crippen LogP contribution in [0.25, 0.3) is 16.0 Å². The largest absolute Gasteiger partial charge is 0.507 e. The van der Waals surface area contributed by atoms with E-state index in [1.54, 1.807) is 36.4 Å². The number of aromatic nitrogens is 1. The molecule has 4 aromatic carbocycles. The summed E-state index contributed by atoms with van der Waals surface area (Å²) >= 11 is 1.25. The van der Waals surface area contributed by atoms with Crippen molar-refractivity contribution in [1.82, 2.24) is 4.98 Å². The Labute approximate surface area is 274 Å². The molecule has 0 aliphatic carbocycles. The molecule has 0 saturated carbocycles. The van der Waals surface area contributed by atoms with Gasteiger partial charge in [0, 0.05) is 5.56 Å². The molecule has 3 heterocycles. The van der Waals surface area contributed by atoms with E-state index in [1.807, 2.05) is 55.5 Å². The molecule has 1 amide bonds. The third-order valence-electron chi connectivity index (χ3n) is 7.87. The third-order valence-corrected chi connectivity index (χ3v) is 8.88. The zero-order valence-corrected chi connectivity index (χ0v) is 26.4. The van der Waals surface area contributed by atoms with E-state index < -0.39 is 17.7 Å². The van der Waals surface area contributed by atoms with Crippen molar-refractivity contribution >= 4 is 44.1 Å². The van der Waals surface area contributed by atoms with Gasteiger partial charge in [-0.25, -0.2) is 4.98 Å². The third kappa shape index (κ3) is 5.70. The Morgan fingerprint density at radius 3 is 2.53 bits per heavy atom. The van der Waals surface area contributed by atoms with Crippen LogP contribution in [0.2, 0.25) is 0 Å². The first-order chi connectivity index (χ1) is 22.9. The number of fused-ring (bicyclic) bond motifs is 2. The zero-order valence-electron chi connectivity index (χ0n) is 25.6. The number of thiazole rings is 1. The Morgan fingerprint density at radius 1 is 0.936 bits per heavy atom. The number of carbonyl (C=O) groups is 2. The van der Waals surface area contributed by atoms with Gasteiger partial charge < -0.3 is 28.8 Å². The van der Waals surface area contributed by atoms with Gasteiger partial charge in [0.2, 0.25) is 0 Å². The van der Waals surface area contributed by atoms with Crippen LogP contribution in [0.15, 0.2) is 90.5 Å². The highest BCUT2D eigenvalue weighted by molar-refractivity contribution is 7.22. The minimum absolute atomic E-state index is 0.0963. The van der Waals surface area contributed by atoms with E-state index in [0.717, 1.165) is 10.3 Å². The van der Waals surface area contributed by atoms with Gasteiger partial charge in [0.1, 0.15) is 31.3 Å². The molecule has 2 aliphatic heterocycles. The highest BCUT2D eigenvalue weighted by atomic mass is 32.1. The van der Waals surface area contributed by atoms with Crippen molar-refractivity contribution in [3.05, 3.63) is 107 Å². The molecule has 1 atom stereocenters. The highest BCUT2D eigenvalue weighted by Gasteiger charge is 2.48. The number of methoxy groups -OCH3 is 1. The minimum Gasteiger partial charge on any atom is -0.507 e. The van der Waals surface area contributed by atoms with Crippen molar-refractivity contribution in [1.29, 1.82) is 0 Å². The number of nitrogens with zero attached hydrogens (tertiary/aromatic N) is 2. The van der Waals surface area contributed by atoms with Crippen LogP contribution >= 0.6 is 11.3 Å². The van der Waals surface area contributed by atoms with Gasteiger partial charge in [0.05, 0.1) is 35.5 Å². The smallest absolute Gasteiger partial charge is 0.301 e. The summed E-state index contributed by atoms with van der Waals surface area (Å²) in [6.07, 6.45) is 0. The molecule has 2 aliphatic rings. The van der Waals surface area contributed by atoms with Gasteiger partial charge in [-0.05, 0) is 66.6 Å². The Kier molecular flexibility index (Phi) is 8.13. The quantitative estimate of drug-likeness (QED) is 0.106. The number of ketones is 1. The normalized spacial score (nSPS) is 16.8. The zero-order chi connectivity index (χ0) is 32.5. The van der Waals surface area contributed by atoms with Crippen LogP contribution in [0.5, 0.6) is 28.7 Å². The predicted octanol–water partition coefficient (Wildman–Crippen LogP) is 6.68. The Bertz CT molecular complexity index is 2020. The fraction of sp³-hybridized carbons (Fsp3) is 0.194. The van der Waals surface area contributed by atoms with E-state index in [2.05, 4.69) is 0 Å². The fourth-order valence-corrected chi connectivity index (χ4v) is 6.67. The summed E-state index contributed by atoms with van der Waals surface area (Å²) in [5.74, 6) is 0.493. The van der Waals surface area contributed by atoms with Gasteiger partial charge in [-0.2, -0.15) is 0 Å². The van der Waals surface area contributed by atoms with Crippen LogP contribution in [-0.2, 0) is 16.2 Å². The van der Waals surface area contributed by atoms with E-state index in [1.165, 1.54) is 23.3 Å². The van der Waals surface area contributed by atoms with Crippen LogP contribution < -0.4 is 28.6 Å². The van der Waals surface area contributed by atoms with Gasteiger partial charge in [-0.15, -0.1) is 0 Å². The summed E-state index contributed by atoms with van der Waals surface area (Å²) in [4.78, 5) is 33.8. The molecule has 1 fully saturated rings. The van der Waals surface area contributed by atoms with Gasteiger partial charge in [-0.1, -0.05) is 47.7 Å². The lowest BCUT2D eigenvalue weighted by Crippen LogP contribution is -2.29. The molecular formula is C36H30N2O8S. The molecule has 47 heavy (non-hydrogen) atoms. The molecule has 0 radical (unpaired) electrons. The van der Waals surface area contributed by atoms with Crippen LogP contribution in [0, 0.1) is 0 Å². The van der Waals surface area contributed by atoms with E-state index in [0.29, 0.717) is 77.0 Å². The number of aliphatic hydroxyl groups excluding tert-OH is 1.